The Labute approximate surface area is 115 Å². The van der Waals surface area contributed by atoms with Crippen LogP contribution in [0.3, 0.4) is 0 Å². The van der Waals surface area contributed by atoms with Gasteiger partial charge in [-0.2, -0.15) is 0 Å². The van der Waals surface area contributed by atoms with Crippen molar-refractivity contribution < 1.29 is 19.4 Å². The van der Waals surface area contributed by atoms with E-state index in [1.54, 1.807) is 4.90 Å². The van der Waals surface area contributed by atoms with Gasteiger partial charge in [-0.05, 0) is 18.4 Å². The summed E-state index contributed by atoms with van der Waals surface area (Å²) in [5.74, 6) is -1.78. The number of nitrogens with zero attached hydrogens (tertiary/aromatic N) is 1. The molecule has 20 heavy (non-hydrogen) atoms. The first kappa shape index (κ1) is 11.5. The molecular formula is C15H13NO4. The highest BCUT2D eigenvalue weighted by atomic mass is 16.5. The number of aliphatic hydroxyl groups is 1. The van der Waals surface area contributed by atoms with Crippen molar-refractivity contribution in [2.45, 2.75) is 18.9 Å². The second kappa shape index (κ2) is 3.85. The molecule has 3 aliphatic heterocycles. The van der Waals surface area contributed by atoms with Crippen LogP contribution in [0.25, 0.3) is 0 Å². The first-order valence-electron chi connectivity index (χ1n) is 6.71. The quantitative estimate of drug-likeness (QED) is 0.728. The lowest BCUT2D eigenvalue weighted by Crippen LogP contribution is -2.48. The molecule has 3 heterocycles. The molecule has 0 spiro atoms. The normalized spacial score (nSPS) is 27.4. The highest BCUT2D eigenvalue weighted by Crippen LogP contribution is 2.47. The second-order valence-corrected chi connectivity index (χ2v) is 5.35. The van der Waals surface area contributed by atoms with Gasteiger partial charge in [0.15, 0.2) is 0 Å². The van der Waals surface area contributed by atoms with E-state index in [4.69, 9.17) is 4.74 Å². The fourth-order valence-corrected chi connectivity index (χ4v) is 3.39. The number of amides is 1. The van der Waals surface area contributed by atoms with Gasteiger partial charge in [0.2, 0.25) is 5.91 Å². The van der Waals surface area contributed by atoms with Crippen LogP contribution in [-0.2, 0) is 20.7 Å². The van der Waals surface area contributed by atoms with E-state index in [-0.39, 0.29) is 11.7 Å². The lowest BCUT2D eigenvalue weighted by Gasteiger charge is -2.42. The Morgan fingerprint density at radius 1 is 1.30 bits per heavy atom. The third-order valence-electron chi connectivity index (χ3n) is 4.22. The molecule has 5 heteroatoms. The van der Waals surface area contributed by atoms with Crippen molar-refractivity contribution >= 4 is 17.6 Å². The van der Waals surface area contributed by atoms with Gasteiger partial charge in [0.1, 0.15) is 17.8 Å². The number of aliphatic hydroxyl groups excluding tert-OH is 1. The Balaban J connectivity index is 1.96. The maximum atomic E-state index is 12.6. The van der Waals surface area contributed by atoms with Gasteiger partial charge in [-0.3, -0.25) is 4.79 Å². The number of hydrogen-bond donors (Lipinski definition) is 1. The molecular weight excluding hydrogens is 258 g/mol. The van der Waals surface area contributed by atoms with E-state index in [9.17, 15) is 14.7 Å². The van der Waals surface area contributed by atoms with E-state index in [1.807, 2.05) is 18.2 Å². The standard InChI is InChI=1S/C15H13NO4/c17-10-7-11(18)20-14-9-5-1-3-8-4-2-6-16(13(8)9)15(19)12(10)14/h1,3,5,7,12,14,17H,2,4,6H2. The van der Waals surface area contributed by atoms with Crippen molar-refractivity contribution in [3.05, 3.63) is 41.2 Å². The van der Waals surface area contributed by atoms with Gasteiger partial charge < -0.3 is 14.7 Å². The van der Waals surface area contributed by atoms with Crippen molar-refractivity contribution in [2.75, 3.05) is 11.4 Å². The Kier molecular flexibility index (Phi) is 2.22. The van der Waals surface area contributed by atoms with Gasteiger partial charge in [0.05, 0.1) is 11.8 Å². The number of ether oxygens (including phenoxy) is 1. The first-order valence-corrected chi connectivity index (χ1v) is 6.71. The number of hydrogen-bond acceptors (Lipinski definition) is 4. The molecule has 1 aromatic carbocycles. The van der Waals surface area contributed by atoms with Crippen molar-refractivity contribution in [3.8, 4) is 0 Å². The molecule has 0 fully saturated rings. The first-order chi connectivity index (χ1) is 9.66. The predicted octanol–water partition coefficient (Wildman–Crippen LogP) is 1.64. The van der Waals surface area contributed by atoms with E-state index >= 15 is 0 Å². The van der Waals surface area contributed by atoms with Crippen LogP contribution in [0.15, 0.2) is 30.0 Å². The number of carbonyl (C=O) groups excluding carboxylic acids is 2. The summed E-state index contributed by atoms with van der Waals surface area (Å²) in [6.45, 7) is 0.646. The van der Waals surface area contributed by atoms with Crippen LogP contribution in [0.5, 0.6) is 0 Å². The summed E-state index contributed by atoms with van der Waals surface area (Å²) in [5.41, 5.74) is 2.79. The topological polar surface area (TPSA) is 66.8 Å². The zero-order chi connectivity index (χ0) is 13.9. The molecule has 3 aliphatic rings. The Hall–Kier alpha value is -2.30. The average Bonchev–Trinajstić information content (AvgIpc) is 2.43. The zero-order valence-electron chi connectivity index (χ0n) is 10.7. The summed E-state index contributed by atoms with van der Waals surface area (Å²) in [7, 11) is 0. The van der Waals surface area contributed by atoms with E-state index in [0.717, 1.165) is 35.7 Å². The van der Waals surface area contributed by atoms with Crippen LogP contribution < -0.4 is 4.90 Å². The summed E-state index contributed by atoms with van der Waals surface area (Å²) in [5, 5.41) is 9.98. The molecule has 4 rings (SSSR count). The van der Waals surface area contributed by atoms with Gasteiger partial charge in [-0.25, -0.2) is 4.79 Å². The van der Waals surface area contributed by atoms with E-state index in [0.29, 0.717) is 6.54 Å². The average molecular weight is 271 g/mol. The molecule has 2 unspecified atom stereocenters. The van der Waals surface area contributed by atoms with Crippen LogP contribution in [-0.4, -0.2) is 23.5 Å². The van der Waals surface area contributed by atoms with Crippen LogP contribution in [0.1, 0.15) is 23.7 Å². The molecule has 0 aromatic heterocycles. The molecule has 5 nitrogen and oxygen atoms in total. The number of carbonyl (C=O) groups is 2. The summed E-state index contributed by atoms with van der Waals surface area (Å²) in [6, 6.07) is 5.78. The summed E-state index contributed by atoms with van der Waals surface area (Å²) >= 11 is 0. The van der Waals surface area contributed by atoms with E-state index < -0.39 is 18.0 Å². The third kappa shape index (κ3) is 1.37. The molecule has 1 N–H and O–H groups in total. The van der Waals surface area contributed by atoms with Gasteiger partial charge in [-0.1, -0.05) is 18.2 Å². The Morgan fingerprint density at radius 3 is 3.00 bits per heavy atom. The molecule has 102 valence electrons. The summed E-state index contributed by atoms with van der Waals surface area (Å²) in [4.78, 5) is 25.8. The molecule has 0 aliphatic carbocycles. The minimum Gasteiger partial charge on any atom is -0.511 e. The lowest BCUT2D eigenvalue weighted by molar-refractivity contribution is -0.152. The van der Waals surface area contributed by atoms with Crippen LogP contribution in [0, 0.1) is 5.92 Å². The van der Waals surface area contributed by atoms with Crippen LogP contribution >= 0.6 is 0 Å². The highest BCUT2D eigenvalue weighted by molar-refractivity contribution is 6.03. The van der Waals surface area contributed by atoms with Gasteiger partial charge in [-0.15, -0.1) is 0 Å². The second-order valence-electron chi connectivity index (χ2n) is 5.35. The minimum absolute atomic E-state index is 0.184. The molecule has 0 saturated heterocycles. The third-order valence-corrected chi connectivity index (χ3v) is 4.22. The van der Waals surface area contributed by atoms with E-state index in [1.165, 1.54) is 0 Å². The van der Waals surface area contributed by atoms with Crippen molar-refractivity contribution in [2.24, 2.45) is 5.92 Å². The van der Waals surface area contributed by atoms with Gasteiger partial charge >= 0.3 is 5.97 Å². The molecule has 2 atom stereocenters. The van der Waals surface area contributed by atoms with Crippen molar-refractivity contribution in [3.63, 3.8) is 0 Å². The molecule has 0 bridgehead atoms. The van der Waals surface area contributed by atoms with E-state index in [2.05, 4.69) is 0 Å². The summed E-state index contributed by atoms with van der Waals surface area (Å²) < 4.78 is 5.31. The molecule has 0 saturated carbocycles. The highest BCUT2D eigenvalue weighted by Gasteiger charge is 2.48. The maximum Gasteiger partial charge on any atom is 0.334 e. The van der Waals surface area contributed by atoms with Crippen molar-refractivity contribution in [1.29, 1.82) is 0 Å². The fraction of sp³-hybridized carbons (Fsp3) is 0.333. The number of esters is 1. The fourth-order valence-electron chi connectivity index (χ4n) is 3.39. The Bertz CT molecular complexity index is 664. The number of benzene rings is 1. The number of anilines is 1. The van der Waals surface area contributed by atoms with Crippen LogP contribution in [0.2, 0.25) is 0 Å². The minimum atomic E-state index is -0.798. The maximum absolute atomic E-state index is 12.6. The number of rotatable bonds is 0. The van der Waals surface area contributed by atoms with Gasteiger partial charge in [0, 0.05) is 12.1 Å². The SMILES string of the molecule is O=C1C=C(O)C2C(=O)N3CCCc4cccc(c43)C2O1. The lowest BCUT2D eigenvalue weighted by atomic mass is 9.82. The largest absolute Gasteiger partial charge is 0.511 e. The molecule has 1 aromatic rings. The predicted molar refractivity (Wildman–Crippen MR) is 70.2 cm³/mol. The van der Waals surface area contributed by atoms with Crippen LogP contribution in [0.4, 0.5) is 5.69 Å². The number of fused-ring (bicyclic) bond motifs is 2. The number of para-hydroxylation sites is 1. The molecule has 1 amide bonds. The monoisotopic (exact) mass is 271 g/mol. The zero-order valence-corrected chi connectivity index (χ0v) is 10.7. The smallest absolute Gasteiger partial charge is 0.334 e. The Morgan fingerprint density at radius 2 is 2.15 bits per heavy atom. The van der Waals surface area contributed by atoms with Gasteiger partial charge in [0.25, 0.3) is 0 Å². The molecule has 0 radical (unpaired) electrons. The summed E-state index contributed by atoms with van der Waals surface area (Å²) in [6.07, 6.45) is 2.12. The van der Waals surface area contributed by atoms with Crippen molar-refractivity contribution in [1.82, 2.24) is 0 Å². The number of aryl methyl sites for hydroxylation is 1.